The number of nitrogens with one attached hydrogen (secondary N) is 1. The topological polar surface area (TPSA) is 64.9 Å². The summed E-state index contributed by atoms with van der Waals surface area (Å²) in [6.45, 7) is 4.41. The Balaban J connectivity index is 1.54. The van der Waals surface area contributed by atoms with E-state index in [4.69, 9.17) is 4.74 Å². The van der Waals surface area contributed by atoms with Crippen LogP contribution in [0.5, 0.6) is 0 Å². The van der Waals surface area contributed by atoms with Gasteiger partial charge in [0, 0.05) is 6.54 Å². The minimum Gasteiger partial charge on any atom is -0.379 e. The normalized spacial score (nSPS) is 21.7. The molecule has 0 aliphatic carbocycles. The first-order valence-corrected chi connectivity index (χ1v) is 5.44. The van der Waals surface area contributed by atoms with E-state index >= 15 is 0 Å². The first-order chi connectivity index (χ1) is 7.45. The summed E-state index contributed by atoms with van der Waals surface area (Å²) in [7, 11) is 0. The highest BCUT2D eigenvalue weighted by Crippen LogP contribution is 2.09. The Bertz CT molecular complexity index is 257. The minimum absolute atomic E-state index is 0.660. The maximum atomic E-state index is 5.58. The number of piperidine rings is 1. The van der Waals surface area contributed by atoms with Crippen molar-refractivity contribution in [3.8, 4) is 0 Å². The zero-order chi connectivity index (χ0) is 10.3. The predicted octanol–water partition coefficient (Wildman–Crippen LogP) is -0.311. The van der Waals surface area contributed by atoms with Gasteiger partial charge in [-0.3, -0.25) is 0 Å². The molecule has 0 amide bonds. The summed E-state index contributed by atoms with van der Waals surface area (Å²) in [4.78, 5) is 1.54. The van der Waals surface area contributed by atoms with E-state index in [1.54, 1.807) is 4.80 Å². The van der Waals surface area contributed by atoms with E-state index in [-0.39, 0.29) is 0 Å². The summed E-state index contributed by atoms with van der Waals surface area (Å²) in [5, 5.41) is 14.7. The second kappa shape index (κ2) is 5.77. The van der Waals surface area contributed by atoms with Crippen LogP contribution >= 0.6 is 0 Å². The van der Waals surface area contributed by atoms with Gasteiger partial charge in [-0.25, -0.2) is 0 Å². The monoisotopic (exact) mass is 211 g/mol. The fraction of sp³-hybridized carbons (Fsp3) is 0.889. The third kappa shape index (κ3) is 3.56. The molecule has 1 aromatic rings. The maximum absolute atomic E-state index is 5.58. The van der Waals surface area contributed by atoms with Crippen LogP contribution in [0.3, 0.4) is 0 Å². The van der Waals surface area contributed by atoms with Crippen LogP contribution in [0.4, 0.5) is 0 Å². The predicted molar refractivity (Wildman–Crippen MR) is 54.2 cm³/mol. The van der Waals surface area contributed by atoms with Gasteiger partial charge in [0.25, 0.3) is 0 Å². The van der Waals surface area contributed by atoms with E-state index in [1.807, 2.05) is 0 Å². The number of ether oxygens (including phenoxy) is 1. The highest BCUT2D eigenvalue weighted by molar-refractivity contribution is 4.67. The molecule has 84 valence electrons. The Morgan fingerprint density at radius 2 is 2.53 bits per heavy atom. The smallest absolute Gasteiger partial charge is 0.162 e. The van der Waals surface area contributed by atoms with E-state index in [2.05, 4.69) is 20.7 Å². The number of tetrazole rings is 1. The van der Waals surface area contributed by atoms with Gasteiger partial charge in [0.05, 0.1) is 19.8 Å². The number of hydrogen-bond donors (Lipinski definition) is 1. The molecule has 1 N–H and O–H groups in total. The molecule has 2 heterocycles. The van der Waals surface area contributed by atoms with Gasteiger partial charge in [0.1, 0.15) is 0 Å². The summed E-state index contributed by atoms with van der Waals surface area (Å²) >= 11 is 0. The molecule has 0 spiro atoms. The van der Waals surface area contributed by atoms with E-state index in [9.17, 15) is 0 Å². The Labute approximate surface area is 89.0 Å². The van der Waals surface area contributed by atoms with Crippen LogP contribution in [-0.2, 0) is 11.3 Å². The molecule has 6 heteroatoms. The molecular weight excluding hydrogens is 194 g/mol. The van der Waals surface area contributed by atoms with Crippen LogP contribution in [0.25, 0.3) is 0 Å². The van der Waals surface area contributed by atoms with Gasteiger partial charge in [0.15, 0.2) is 6.33 Å². The number of hydrogen-bond acceptors (Lipinski definition) is 5. The van der Waals surface area contributed by atoms with Crippen molar-refractivity contribution >= 4 is 0 Å². The van der Waals surface area contributed by atoms with Gasteiger partial charge in [-0.2, -0.15) is 4.80 Å². The van der Waals surface area contributed by atoms with E-state index in [0.29, 0.717) is 19.1 Å². The lowest BCUT2D eigenvalue weighted by molar-refractivity contribution is 0.0801. The largest absolute Gasteiger partial charge is 0.379 e. The van der Waals surface area contributed by atoms with Crippen molar-refractivity contribution in [3.63, 3.8) is 0 Å². The summed E-state index contributed by atoms with van der Waals surface area (Å²) in [6, 6.07) is 0. The van der Waals surface area contributed by atoms with Crippen molar-refractivity contribution in [2.24, 2.45) is 5.92 Å². The molecule has 1 aliphatic heterocycles. The van der Waals surface area contributed by atoms with Crippen LogP contribution < -0.4 is 5.32 Å². The summed E-state index contributed by atoms with van der Waals surface area (Å²) in [5.74, 6) is 0.669. The van der Waals surface area contributed by atoms with Gasteiger partial charge >= 0.3 is 0 Å². The van der Waals surface area contributed by atoms with Crippen molar-refractivity contribution in [1.82, 2.24) is 25.5 Å². The molecule has 1 aliphatic rings. The zero-order valence-electron chi connectivity index (χ0n) is 8.80. The molecule has 0 bridgehead atoms. The third-order valence-electron chi connectivity index (χ3n) is 2.58. The van der Waals surface area contributed by atoms with Gasteiger partial charge in [-0.15, -0.1) is 10.2 Å². The minimum atomic E-state index is 0.660. The van der Waals surface area contributed by atoms with Crippen LogP contribution in [0.15, 0.2) is 6.33 Å². The highest BCUT2D eigenvalue weighted by atomic mass is 16.5. The second-order valence-corrected chi connectivity index (χ2v) is 3.82. The van der Waals surface area contributed by atoms with E-state index in [1.165, 1.54) is 19.2 Å². The second-order valence-electron chi connectivity index (χ2n) is 3.82. The summed E-state index contributed by atoms with van der Waals surface area (Å²) < 4.78 is 5.58. The lowest BCUT2D eigenvalue weighted by atomic mass is 10.0. The third-order valence-corrected chi connectivity index (χ3v) is 2.58. The van der Waals surface area contributed by atoms with Crippen LogP contribution in [0, 0.1) is 5.92 Å². The Kier molecular flexibility index (Phi) is 4.04. The molecule has 1 aromatic heterocycles. The van der Waals surface area contributed by atoms with Crippen LogP contribution in [0.2, 0.25) is 0 Å². The van der Waals surface area contributed by atoms with Gasteiger partial charge < -0.3 is 10.1 Å². The van der Waals surface area contributed by atoms with Crippen molar-refractivity contribution in [3.05, 3.63) is 6.33 Å². The first kappa shape index (κ1) is 10.5. The van der Waals surface area contributed by atoms with Crippen molar-refractivity contribution in [2.45, 2.75) is 19.4 Å². The molecule has 1 fully saturated rings. The molecule has 0 radical (unpaired) electrons. The molecule has 0 saturated carbocycles. The Morgan fingerprint density at radius 1 is 1.53 bits per heavy atom. The van der Waals surface area contributed by atoms with Crippen molar-refractivity contribution < 1.29 is 4.74 Å². The van der Waals surface area contributed by atoms with Gasteiger partial charge in [-0.05, 0) is 30.5 Å². The molecule has 6 nitrogen and oxygen atoms in total. The van der Waals surface area contributed by atoms with Crippen LogP contribution in [0.1, 0.15) is 12.8 Å². The first-order valence-electron chi connectivity index (χ1n) is 5.44. The number of nitrogens with zero attached hydrogens (tertiary/aromatic N) is 4. The van der Waals surface area contributed by atoms with E-state index < -0.39 is 0 Å². The molecule has 2 rings (SSSR count). The number of aromatic nitrogens is 4. The molecule has 0 aromatic carbocycles. The zero-order valence-corrected chi connectivity index (χ0v) is 8.80. The Morgan fingerprint density at radius 3 is 3.27 bits per heavy atom. The SMILES string of the molecule is c1nnn(CCOC[C@H]2CCCNC2)n1. The number of rotatable bonds is 5. The van der Waals surface area contributed by atoms with Crippen LogP contribution in [-0.4, -0.2) is 46.5 Å². The lowest BCUT2D eigenvalue weighted by Crippen LogP contribution is -2.32. The quantitative estimate of drug-likeness (QED) is 0.677. The standard InChI is InChI=1S/C9H17N5O/c1-2-9(6-10-3-1)7-15-5-4-14-12-8-11-13-14/h8-10H,1-7H2/t9-/m0/s1. The molecule has 0 unspecified atom stereocenters. The Hall–Kier alpha value is -1.01. The average Bonchev–Trinajstić information content (AvgIpc) is 2.79. The lowest BCUT2D eigenvalue weighted by Gasteiger charge is -2.22. The molecule has 1 saturated heterocycles. The summed E-state index contributed by atoms with van der Waals surface area (Å²) in [6.07, 6.45) is 3.97. The van der Waals surface area contributed by atoms with Crippen molar-refractivity contribution in [2.75, 3.05) is 26.3 Å². The van der Waals surface area contributed by atoms with Gasteiger partial charge in [-0.1, -0.05) is 0 Å². The molecular formula is C9H17N5O. The van der Waals surface area contributed by atoms with E-state index in [0.717, 1.165) is 19.7 Å². The molecule has 15 heavy (non-hydrogen) atoms. The highest BCUT2D eigenvalue weighted by Gasteiger charge is 2.12. The summed E-state index contributed by atoms with van der Waals surface area (Å²) in [5.41, 5.74) is 0. The van der Waals surface area contributed by atoms with Gasteiger partial charge in [0.2, 0.25) is 0 Å². The van der Waals surface area contributed by atoms with Crippen molar-refractivity contribution in [1.29, 1.82) is 0 Å². The maximum Gasteiger partial charge on any atom is 0.162 e. The fourth-order valence-corrected chi connectivity index (χ4v) is 1.75. The molecule has 1 atom stereocenters. The fourth-order valence-electron chi connectivity index (χ4n) is 1.75. The average molecular weight is 211 g/mol.